The molecule has 180 valence electrons. The van der Waals surface area contributed by atoms with Gasteiger partial charge in [0.1, 0.15) is 5.75 Å². The number of aryl methyl sites for hydroxylation is 1. The Kier molecular flexibility index (Phi) is 6.72. The Bertz CT molecular complexity index is 1600. The quantitative estimate of drug-likeness (QED) is 0.396. The second-order valence-electron chi connectivity index (χ2n) is 7.40. The fourth-order valence-corrected chi connectivity index (χ4v) is 5.43. The summed E-state index contributed by atoms with van der Waals surface area (Å²) in [6.45, 7) is 0. The van der Waals surface area contributed by atoms with E-state index in [9.17, 15) is 18.0 Å². The van der Waals surface area contributed by atoms with Crippen LogP contribution in [0.25, 0.3) is 10.2 Å². The summed E-state index contributed by atoms with van der Waals surface area (Å²) in [5.41, 5.74) is 1.64. The zero-order valence-electron chi connectivity index (χ0n) is 19.0. The maximum Gasteiger partial charge on any atom is 0.337 e. The molecule has 0 radical (unpaired) electrons. The van der Waals surface area contributed by atoms with E-state index in [2.05, 4.69) is 9.71 Å². The van der Waals surface area contributed by atoms with Crippen molar-refractivity contribution in [3.05, 3.63) is 82.7 Å². The largest absolute Gasteiger partial charge is 0.497 e. The van der Waals surface area contributed by atoms with Gasteiger partial charge in [-0.25, -0.2) is 13.2 Å². The zero-order valence-corrected chi connectivity index (χ0v) is 20.6. The molecule has 1 N–H and O–H groups in total. The Balaban J connectivity index is 1.62. The molecule has 0 saturated heterocycles. The number of sulfonamides is 1. The number of benzene rings is 3. The number of rotatable bonds is 6. The third kappa shape index (κ3) is 5.10. The number of ether oxygens (including phenoxy) is 2. The number of thiazole rings is 1. The first-order valence-corrected chi connectivity index (χ1v) is 12.6. The van der Waals surface area contributed by atoms with E-state index >= 15 is 0 Å². The van der Waals surface area contributed by atoms with Gasteiger partial charge < -0.3 is 14.0 Å². The van der Waals surface area contributed by atoms with Crippen LogP contribution in [0, 0.1) is 0 Å². The minimum Gasteiger partial charge on any atom is -0.497 e. The number of carbonyl (C=O) groups excluding carboxylic acids is 2. The Hall–Kier alpha value is -3.96. The van der Waals surface area contributed by atoms with Gasteiger partial charge in [0.25, 0.3) is 15.9 Å². The summed E-state index contributed by atoms with van der Waals surface area (Å²) >= 11 is 1.25. The van der Waals surface area contributed by atoms with Gasteiger partial charge in [-0.1, -0.05) is 17.4 Å². The third-order valence-corrected chi connectivity index (χ3v) is 7.65. The van der Waals surface area contributed by atoms with Crippen LogP contribution in [0.5, 0.6) is 5.75 Å². The summed E-state index contributed by atoms with van der Waals surface area (Å²) in [5, 5.41) is 0. The molecule has 4 rings (SSSR count). The molecule has 0 spiro atoms. The van der Waals surface area contributed by atoms with Crippen molar-refractivity contribution in [1.82, 2.24) is 4.57 Å². The lowest BCUT2D eigenvalue weighted by Gasteiger charge is -2.09. The number of hydrogen-bond donors (Lipinski definition) is 1. The van der Waals surface area contributed by atoms with E-state index in [-0.39, 0.29) is 16.1 Å². The van der Waals surface area contributed by atoms with Gasteiger partial charge in [-0.3, -0.25) is 9.52 Å². The molecule has 1 amide bonds. The Morgan fingerprint density at radius 3 is 2.40 bits per heavy atom. The average molecular weight is 512 g/mol. The summed E-state index contributed by atoms with van der Waals surface area (Å²) in [6, 6.07) is 17.1. The Morgan fingerprint density at radius 1 is 0.971 bits per heavy atom. The van der Waals surface area contributed by atoms with Crippen molar-refractivity contribution in [2.75, 3.05) is 18.9 Å². The number of nitrogens with one attached hydrogen (secondary N) is 1. The van der Waals surface area contributed by atoms with Crippen LogP contribution in [0.2, 0.25) is 0 Å². The minimum absolute atomic E-state index is 0.0586. The van der Waals surface area contributed by atoms with Gasteiger partial charge in [-0.2, -0.15) is 4.99 Å². The van der Waals surface area contributed by atoms with E-state index in [0.717, 1.165) is 10.2 Å². The lowest BCUT2D eigenvalue weighted by Crippen LogP contribution is -2.14. The number of esters is 1. The molecular formula is C24H21N3O6S2. The number of methoxy groups -OCH3 is 2. The first kappa shape index (κ1) is 24.2. The fraction of sp³-hybridized carbons (Fsp3) is 0.125. The zero-order chi connectivity index (χ0) is 25.2. The van der Waals surface area contributed by atoms with Crippen LogP contribution in [-0.4, -0.2) is 39.1 Å². The smallest absolute Gasteiger partial charge is 0.337 e. The molecule has 11 heteroatoms. The number of hydrogen-bond acceptors (Lipinski definition) is 7. The second kappa shape index (κ2) is 9.72. The third-order valence-electron chi connectivity index (χ3n) is 5.16. The highest BCUT2D eigenvalue weighted by molar-refractivity contribution is 7.92. The van der Waals surface area contributed by atoms with Gasteiger partial charge in [-0.05, 0) is 60.7 Å². The molecule has 0 aliphatic rings. The van der Waals surface area contributed by atoms with Crippen LogP contribution in [0.4, 0.5) is 5.69 Å². The molecule has 3 aromatic carbocycles. The molecule has 4 aromatic rings. The average Bonchev–Trinajstić information content (AvgIpc) is 3.17. The van der Waals surface area contributed by atoms with Gasteiger partial charge >= 0.3 is 5.97 Å². The number of aromatic nitrogens is 1. The first-order valence-electron chi connectivity index (χ1n) is 10.3. The van der Waals surface area contributed by atoms with E-state index < -0.39 is 21.9 Å². The van der Waals surface area contributed by atoms with Crippen LogP contribution < -0.4 is 14.3 Å². The molecule has 1 heterocycles. The van der Waals surface area contributed by atoms with Crippen LogP contribution in [0.15, 0.2) is 76.6 Å². The van der Waals surface area contributed by atoms with E-state index in [4.69, 9.17) is 9.47 Å². The number of nitrogens with zero attached hydrogens (tertiary/aromatic N) is 2. The van der Waals surface area contributed by atoms with Crippen LogP contribution in [0.1, 0.15) is 20.7 Å². The summed E-state index contributed by atoms with van der Waals surface area (Å²) in [7, 11) is 0.707. The van der Waals surface area contributed by atoms with Crippen molar-refractivity contribution >= 4 is 49.1 Å². The molecule has 0 unspecified atom stereocenters. The van der Waals surface area contributed by atoms with E-state index in [0.29, 0.717) is 16.1 Å². The van der Waals surface area contributed by atoms with Crippen molar-refractivity contribution < 1.29 is 27.5 Å². The second-order valence-corrected chi connectivity index (χ2v) is 10.1. The molecule has 1 aromatic heterocycles. The van der Waals surface area contributed by atoms with Gasteiger partial charge in [-0.15, -0.1) is 0 Å². The number of anilines is 1. The van der Waals surface area contributed by atoms with Crippen LogP contribution >= 0.6 is 11.3 Å². The highest BCUT2D eigenvalue weighted by Gasteiger charge is 2.16. The van der Waals surface area contributed by atoms with Crippen molar-refractivity contribution in [1.29, 1.82) is 0 Å². The highest BCUT2D eigenvalue weighted by Crippen LogP contribution is 2.21. The van der Waals surface area contributed by atoms with E-state index in [1.807, 2.05) is 0 Å². The molecule has 0 aliphatic carbocycles. The monoisotopic (exact) mass is 511 g/mol. The predicted octanol–water partition coefficient (Wildman–Crippen LogP) is 3.58. The van der Waals surface area contributed by atoms with Crippen LogP contribution in [0.3, 0.4) is 0 Å². The fourth-order valence-electron chi connectivity index (χ4n) is 3.32. The Labute approximate surface area is 205 Å². The normalized spacial score (nSPS) is 11.9. The summed E-state index contributed by atoms with van der Waals surface area (Å²) in [4.78, 5) is 29.4. The van der Waals surface area contributed by atoms with Gasteiger partial charge in [0.15, 0.2) is 4.80 Å². The summed E-state index contributed by atoms with van der Waals surface area (Å²) < 4.78 is 40.2. The molecule has 0 atom stereocenters. The molecule has 0 fully saturated rings. The molecule has 0 bridgehead atoms. The van der Waals surface area contributed by atoms with Crippen LogP contribution in [-0.2, 0) is 21.8 Å². The molecule has 9 nitrogen and oxygen atoms in total. The minimum atomic E-state index is -3.86. The topological polar surface area (TPSA) is 116 Å². The van der Waals surface area contributed by atoms with Gasteiger partial charge in [0.2, 0.25) is 0 Å². The SMILES string of the molecule is COC(=O)c1ccc2c(c1)sc(=NC(=O)c1cccc(NS(=O)(=O)c3ccc(OC)cc3)c1)n2C. The van der Waals surface area contributed by atoms with Crippen molar-refractivity contribution in [3.8, 4) is 5.75 Å². The Morgan fingerprint density at radius 2 is 1.71 bits per heavy atom. The highest BCUT2D eigenvalue weighted by atomic mass is 32.2. The van der Waals surface area contributed by atoms with Crippen molar-refractivity contribution in [2.24, 2.45) is 12.0 Å². The van der Waals surface area contributed by atoms with E-state index in [1.165, 1.54) is 43.8 Å². The maximum atomic E-state index is 12.9. The van der Waals surface area contributed by atoms with Crippen molar-refractivity contribution in [2.45, 2.75) is 4.90 Å². The lowest BCUT2D eigenvalue weighted by atomic mass is 10.2. The number of amides is 1. The first-order chi connectivity index (χ1) is 16.7. The van der Waals surface area contributed by atoms with Crippen molar-refractivity contribution in [3.63, 3.8) is 0 Å². The summed E-state index contributed by atoms with van der Waals surface area (Å²) in [5.74, 6) is -0.452. The molecule has 0 saturated carbocycles. The molecule has 0 aliphatic heterocycles. The van der Waals surface area contributed by atoms with E-state index in [1.54, 1.807) is 60.1 Å². The maximum absolute atomic E-state index is 12.9. The van der Waals surface area contributed by atoms with Gasteiger partial charge in [0.05, 0.1) is 34.9 Å². The lowest BCUT2D eigenvalue weighted by molar-refractivity contribution is 0.0600. The standard InChI is InChI=1S/C24H21N3O6S2/c1-27-20-12-7-16(23(29)33-3)14-21(20)34-24(27)25-22(28)15-5-4-6-17(13-15)26-35(30,31)19-10-8-18(32-2)9-11-19/h4-14,26H,1-3H3. The number of carbonyl (C=O) groups is 2. The molecule has 35 heavy (non-hydrogen) atoms. The molecular weight excluding hydrogens is 490 g/mol. The predicted molar refractivity (Wildman–Crippen MR) is 132 cm³/mol. The van der Waals surface area contributed by atoms with Gasteiger partial charge in [0, 0.05) is 18.3 Å². The summed E-state index contributed by atoms with van der Waals surface area (Å²) in [6.07, 6.45) is 0. The number of fused-ring (bicyclic) bond motifs is 1.